The van der Waals surface area contributed by atoms with E-state index in [0.717, 1.165) is 30.8 Å². The third-order valence-electron chi connectivity index (χ3n) is 6.13. The number of halogens is 1. The van der Waals surface area contributed by atoms with Gasteiger partial charge in [0.2, 0.25) is 0 Å². The highest BCUT2D eigenvalue weighted by Gasteiger charge is 2.36. The van der Waals surface area contributed by atoms with Gasteiger partial charge in [-0.2, -0.15) is 11.3 Å². The summed E-state index contributed by atoms with van der Waals surface area (Å²) in [6, 6.07) is 18.7. The van der Waals surface area contributed by atoms with Crippen LogP contribution in [-0.4, -0.2) is 41.9 Å². The van der Waals surface area contributed by atoms with E-state index in [-0.39, 0.29) is 23.6 Å². The van der Waals surface area contributed by atoms with Crippen molar-refractivity contribution in [3.05, 3.63) is 93.9 Å². The summed E-state index contributed by atoms with van der Waals surface area (Å²) in [5, 5.41) is 4.30. The average molecular weight is 451 g/mol. The molecule has 0 saturated carbocycles. The number of thiophene rings is 1. The Hall–Kier alpha value is -2.50. The van der Waals surface area contributed by atoms with E-state index < -0.39 is 0 Å². The topological polar surface area (TPSA) is 23.6 Å². The highest BCUT2D eigenvalue weighted by Crippen LogP contribution is 2.35. The maximum absolute atomic E-state index is 14.1. The summed E-state index contributed by atoms with van der Waals surface area (Å²) in [5.74, 6) is 0.702. The van der Waals surface area contributed by atoms with Crippen LogP contribution in [0.15, 0.2) is 71.4 Å². The molecule has 0 bridgehead atoms. The van der Waals surface area contributed by atoms with Crippen LogP contribution >= 0.6 is 11.3 Å². The number of carbonyl (C=O) groups is 1. The highest BCUT2D eigenvalue weighted by molar-refractivity contribution is 7.07. The summed E-state index contributed by atoms with van der Waals surface area (Å²) < 4.78 is 14.1. The van der Waals surface area contributed by atoms with Crippen LogP contribution in [-0.2, 0) is 6.54 Å². The summed E-state index contributed by atoms with van der Waals surface area (Å²) in [4.78, 5) is 17.8. The Morgan fingerprint density at radius 1 is 1.12 bits per heavy atom. The first-order valence-electron chi connectivity index (χ1n) is 11.3. The smallest absolute Gasteiger partial charge is 0.253 e. The Balaban J connectivity index is 1.58. The number of hydrogen-bond acceptors (Lipinski definition) is 3. The molecule has 2 unspecified atom stereocenters. The van der Waals surface area contributed by atoms with Crippen LogP contribution < -0.4 is 0 Å². The maximum atomic E-state index is 14.1. The molecule has 0 N–H and O–H groups in total. The van der Waals surface area contributed by atoms with Crippen molar-refractivity contribution < 1.29 is 9.18 Å². The van der Waals surface area contributed by atoms with Gasteiger partial charge < -0.3 is 4.90 Å². The lowest BCUT2D eigenvalue weighted by molar-refractivity contribution is 0.0703. The molecule has 0 spiro atoms. The number of nitrogens with zero attached hydrogens (tertiary/aromatic N) is 2. The van der Waals surface area contributed by atoms with Gasteiger partial charge in [-0.25, -0.2) is 4.39 Å². The second-order valence-corrected chi connectivity index (χ2v) is 10.00. The lowest BCUT2D eigenvalue weighted by Crippen LogP contribution is -2.39. The van der Waals surface area contributed by atoms with Crippen LogP contribution in [0.3, 0.4) is 0 Å². The molecule has 3 nitrogen and oxygen atoms in total. The van der Waals surface area contributed by atoms with E-state index in [4.69, 9.17) is 0 Å². The zero-order valence-corrected chi connectivity index (χ0v) is 19.6. The molecule has 2 heterocycles. The minimum Gasteiger partial charge on any atom is -0.338 e. The van der Waals surface area contributed by atoms with E-state index in [2.05, 4.69) is 35.6 Å². The minimum atomic E-state index is -0.197. The molecule has 1 fully saturated rings. The van der Waals surface area contributed by atoms with E-state index >= 15 is 0 Å². The Morgan fingerprint density at radius 2 is 1.94 bits per heavy atom. The van der Waals surface area contributed by atoms with Crippen molar-refractivity contribution in [2.75, 3.05) is 26.2 Å². The molecule has 1 aliphatic heterocycles. The predicted molar refractivity (Wildman–Crippen MR) is 129 cm³/mol. The molecule has 1 aromatic heterocycles. The Morgan fingerprint density at radius 3 is 2.62 bits per heavy atom. The molecule has 1 saturated heterocycles. The number of benzene rings is 2. The molecule has 0 radical (unpaired) electrons. The highest BCUT2D eigenvalue weighted by atomic mass is 32.1. The van der Waals surface area contributed by atoms with Gasteiger partial charge in [0.05, 0.1) is 0 Å². The summed E-state index contributed by atoms with van der Waals surface area (Å²) >= 11 is 1.71. The standard InChI is InChI=1S/C27H31FN2OS/c1-20(2)14-30(27(31)22-7-4-3-5-8-22)17-24-16-29(15-21-11-12-32-19-21)18-26(24)23-9-6-10-25(28)13-23/h3-13,19-20,24,26H,14-18H2,1-2H3. The van der Waals surface area contributed by atoms with Crippen LogP contribution in [0.5, 0.6) is 0 Å². The monoisotopic (exact) mass is 450 g/mol. The first kappa shape index (κ1) is 22.7. The van der Waals surface area contributed by atoms with Gasteiger partial charge in [0.25, 0.3) is 5.91 Å². The summed E-state index contributed by atoms with van der Waals surface area (Å²) in [5.41, 5.74) is 3.07. The van der Waals surface area contributed by atoms with Gasteiger partial charge in [0.15, 0.2) is 0 Å². The van der Waals surface area contributed by atoms with Gasteiger partial charge >= 0.3 is 0 Å². The Bertz CT molecular complexity index is 1010. The van der Waals surface area contributed by atoms with E-state index in [1.165, 1.54) is 11.6 Å². The van der Waals surface area contributed by atoms with E-state index in [1.807, 2.05) is 41.3 Å². The van der Waals surface area contributed by atoms with Crippen LogP contribution in [0.4, 0.5) is 4.39 Å². The molecule has 32 heavy (non-hydrogen) atoms. The first-order chi connectivity index (χ1) is 15.5. The molecule has 1 aliphatic rings. The second-order valence-electron chi connectivity index (χ2n) is 9.22. The van der Waals surface area contributed by atoms with Crippen LogP contribution in [0.25, 0.3) is 0 Å². The fourth-order valence-corrected chi connectivity index (χ4v) is 5.42. The van der Waals surface area contributed by atoms with Crippen molar-refractivity contribution in [3.63, 3.8) is 0 Å². The van der Waals surface area contributed by atoms with Crippen LogP contribution in [0.2, 0.25) is 0 Å². The van der Waals surface area contributed by atoms with Crippen molar-refractivity contribution >= 4 is 17.2 Å². The number of amides is 1. The molecule has 3 aromatic rings. The quantitative estimate of drug-likeness (QED) is 0.426. The molecule has 168 valence electrons. The third kappa shape index (κ3) is 5.64. The molecular formula is C27H31FN2OS. The summed E-state index contributed by atoms with van der Waals surface area (Å²) in [6.07, 6.45) is 0. The third-order valence-corrected chi connectivity index (χ3v) is 6.86. The normalized spacial score (nSPS) is 18.9. The Kier molecular flexibility index (Phi) is 7.38. The number of hydrogen-bond donors (Lipinski definition) is 0. The molecule has 1 amide bonds. The maximum Gasteiger partial charge on any atom is 0.253 e. The fraction of sp³-hybridized carbons (Fsp3) is 0.370. The average Bonchev–Trinajstić information content (AvgIpc) is 3.43. The number of rotatable bonds is 8. The van der Waals surface area contributed by atoms with Gasteiger partial charge in [-0.1, -0.05) is 44.2 Å². The predicted octanol–water partition coefficient (Wildman–Crippen LogP) is 5.90. The zero-order chi connectivity index (χ0) is 22.5. The molecule has 0 aliphatic carbocycles. The fourth-order valence-electron chi connectivity index (χ4n) is 4.76. The van der Waals surface area contributed by atoms with Crippen molar-refractivity contribution in [1.82, 2.24) is 9.80 Å². The van der Waals surface area contributed by atoms with Gasteiger partial charge in [0.1, 0.15) is 5.82 Å². The van der Waals surface area contributed by atoms with Crippen molar-refractivity contribution in [2.45, 2.75) is 26.3 Å². The van der Waals surface area contributed by atoms with Crippen molar-refractivity contribution in [2.24, 2.45) is 11.8 Å². The minimum absolute atomic E-state index is 0.0774. The van der Waals surface area contributed by atoms with E-state index in [0.29, 0.717) is 19.0 Å². The summed E-state index contributed by atoms with van der Waals surface area (Å²) in [7, 11) is 0. The van der Waals surface area contributed by atoms with E-state index in [9.17, 15) is 9.18 Å². The van der Waals surface area contributed by atoms with Gasteiger partial charge in [-0.3, -0.25) is 9.69 Å². The van der Waals surface area contributed by atoms with Crippen molar-refractivity contribution in [3.8, 4) is 0 Å². The zero-order valence-electron chi connectivity index (χ0n) is 18.8. The Labute approximate surface area is 194 Å². The molecule has 4 rings (SSSR count). The van der Waals surface area contributed by atoms with Crippen LogP contribution in [0, 0.1) is 17.7 Å². The second kappa shape index (κ2) is 10.4. The van der Waals surface area contributed by atoms with E-state index in [1.54, 1.807) is 23.5 Å². The lowest BCUT2D eigenvalue weighted by atomic mass is 9.88. The first-order valence-corrected chi connectivity index (χ1v) is 12.3. The molecular weight excluding hydrogens is 419 g/mol. The largest absolute Gasteiger partial charge is 0.338 e. The SMILES string of the molecule is CC(C)CN(CC1CN(Cc2ccsc2)CC1c1cccc(F)c1)C(=O)c1ccccc1. The molecule has 5 heteroatoms. The van der Waals surface area contributed by atoms with Gasteiger partial charge in [-0.15, -0.1) is 0 Å². The molecule has 2 aromatic carbocycles. The molecule has 2 atom stereocenters. The van der Waals surface area contributed by atoms with Gasteiger partial charge in [-0.05, 0) is 64.1 Å². The summed E-state index contributed by atoms with van der Waals surface area (Å²) in [6.45, 7) is 8.34. The van der Waals surface area contributed by atoms with Crippen molar-refractivity contribution in [1.29, 1.82) is 0 Å². The van der Waals surface area contributed by atoms with Crippen LogP contribution in [0.1, 0.15) is 41.3 Å². The van der Waals surface area contributed by atoms with Gasteiger partial charge in [0, 0.05) is 44.2 Å². The number of carbonyl (C=O) groups excluding carboxylic acids is 1. The number of likely N-dealkylation sites (tertiary alicyclic amines) is 1. The lowest BCUT2D eigenvalue weighted by Gasteiger charge is -2.30.